The molecule has 2 fully saturated rings. The Bertz CT molecular complexity index is 199. The highest BCUT2D eigenvalue weighted by atomic mass is 15.1. The monoisotopic (exact) mass is 225 g/mol. The minimum absolute atomic E-state index is 0.711. The first-order chi connectivity index (χ1) is 7.83. The predicted octanol–water partition coefficient (Wildman–Crippen LogP) is 1.19. The Hall–Kier alpha value is -0.120. The number of likely N-dealkylation sites (tertiary alicyclic amines) is 1. The van der Waals surface area contributed by atoms with Crippen LogP contribution in [0.5, 0.6) is 0 Å². The van der Waals surface area contributed by atoms with Gasteiger partial charge in [-0.25, -0.2) is 0 Å². The summed E-state index contributed by atoms with van der Waals surface area (Å²) in [5.41, 5.74) is 5.82. The highest BCUT2D eigenvalue weighted by molar-refractivity contribution is 4.88. The van der Waals surface area contributed by atoms with Gasteiger partial charge in [0, 0.05) is 12.1 Å². The molecule has 1 saturated carbocycles. The molecule has 0 aromatic heterocycles. The number of hydrogen-bond donors (Lipinski definition) is 2. The second-order valence-corrected chi connectivity index (χ2v) is 5.41. The van der Waals surface area contributed by atoms with Crippen molar-refractivity contribution in [2.75, 3.05) is 26.2 Å². The van der Waals surface area contributed by atoms with E-state index < -0.39 is 0 Å². The zero-order valence-electron chi connectivity index (χ0n) is 10.6. The molecule has 2 aliphatic rings. The summed E-state index contributed by atoms with van der Waals surface area (Å²) in [4.78, 5) is 2.55. The van der Waals surface area contributed by atoms with Crippen molar-refractivity contribution in [3.63, 3.8) is 0 Å². The quantitative estimate of drug-likeness (QED) is 0.755. The summed E-state index contributed by atoms with van der Waals surface area (Å²) in [6, 6.07) is 1.46. The fourth-order valence-electron chi connectivity index (χ4n) is 3.26. The van der Waals surface area contributed by atoms with Crippen molar-refractivity contribution in [1.29, 1.82) is 0 Å². The van der Waals surface area contributed by atoms with Crippen LogP contribution in [0, 0.1) is 5.92 Å². The molecule has 1 saturated heterocycles. The maximum absolute atomic E-state index is 5.82. The summed E-state index contributed by atoms with van der Waals surface area (Å²) in [5, 5.41) is 3.86. The molecule has 94 valence electrons. The largest absolute Gasteiger partial charge is 0.330 e. The van der Waals surface area contributed by atoms with Gasteiger partial charge < -0.3 is 16.0 Å². The van der Waals surface area contributed by atoms with Gasteiger partial charge in [0.1, 0.15) is 0 Å². The topological polar surface area (TPSA) is 41.3 Å². The summed E-state index contributed by atoms with van der Waals surface area (Å²) in [7, 11) is 0. The van der Waals surface area contributed by atoms with Crippen molar-refractivity contribution in [3.8, 4) is 0 Å². The van der Waals surface area contributed by atoms with Crippen LogP contribution in [-0.4, -0.2) is 43.2 Å². The minimum Gasteiger partial charge on any atom is -0.330 e. The van der Waals surface area contributed by atoms with Crippen molar-refractivity contribution >= 4 is 0 Å². The molecule has 2 rings (SSSR count). The van der Waals surface area contributed by atoms with E-state index in [0.29, 0.717) is 6.04 Å². The molecule has 3 nitrogen and oxygen atoms in total. The first kappa shape index (κ1) is 12.3. The third-order valence-electron chi connectivity index (χ3n) is 4.45. The molecule has 0 aromatic rings. The lowest BCUT2D eigenvalue weighted by atomic mass is 9.99. The van der Waals surface area contributed by atoms with Crippen LogP contribution in [-0.2, 0) is 0 Å². The van der Waals surface area contributed by atoms with Crippen LogP contribution in [0.25, 0.3) is 0 Å². The summed E-state index contributed by atoms with van der Waals surface area (Å²) >= 11 is 0. The fourth-order valence-corrected chi connectivity index (χ4v) is 3.26. The van der Waals surface area contributed by atoms with Crippen LogP contribution < -0.4 is 11.1 Å². The van der Waals surface area contributed by atoms with Gasteiger partial charge in [-0.3, -0.25) is 0 Å². The lowest BCUT2D eigenvalue weighted by Gasteiger charge is -2.34. The predicted molar refractivity (Wildman–Crippen MR) is 68.5 cm³/mol. The highest BCUT2D eigenvalue weighted by Crippen LogP contribution is 2.26. The van der Waals surface area contributed by atoms with Gasteiger partial charge in [0.15, 0.2) is 0 Å². The van der Waals surface area contributed by atoms with Crippen LogP contribution >= 0.6 is 0 Å². The average molecular weight is 225 g/mol. The van der Waals surface area contributed by atoms with Crippen molar-refractivity contribution in [2.24, 2.45) is 11.7 Å². The number of nitrogens with two attached hydrogens (primary N) is 1. The molecule has 1 heterocycles. The van der Waals surface area contributed by atoms with Gasteiger partial charge in [-0.2, -0.15) is 0 Å². The minimum atomic E-state index is 0.711. The van der Waals surface area contributed by atoms with E-state index in [1.54, 1.807) is 0 Å². The molecular formula is C13H27N3. The maximum atomic E-state index is 5.82. The second kappa shape index (κ2) is 5.99. The zero-order valence-corrected chi connectivity index (χ0v) is 10.6. The molecule has 2 atom stereocenters. The van der Waals surface area contributed by atoms with Crippen LogP contribution in [0.3, 0.4) is 0 Å². The van der Waals surface area contributed by atoms with Gasteiger partial charge in [0.2, 0.25) is 0 Å². The molecule has 0 aromatic carbocycles. The van der Waals surface area contributed by atoms with Gasteiger partial charge in [0.25, 0.3) is 0 Å². The first-order valence-electron chi connectivity index (χ1n) is 7.02. The van der Waals surface area contributed by atoms with Gasteiger partial charge in [-0.1, -0.05) is 13.3 Å². The number of rotatable bonds is 4. The molecule has 0 amide bonds. The Labute approximate surface area is 99.8 Å². The highest BCUT2D eigenvalue weighted by Gasteiger charge is 2.28. The Morgan fingerprint density at radius 1 is 1.19 bits per heavy atom. The number of nitrogens with zero attached hydrogens (tertiary/aromatic N) is 1. The molecule has 0 spiro atoms. The standard InChI is InChI=1S/C13H27N3/c1-2-16-8-6-12(7-9-16)15-13-5-3-4-11(13)10-14/h11-13,15H,2-10,14H2,1H3. The van der Waals surface area contributed by atoms with Crippen LogP contribution in [0.4, 0.5) is 0 Å². The van der Waals surface area contributed by atoms with Crippen molar-refractivity contribution in [2.45, 2.75) is 51.1 Å². The molecular weight excluding hydrogens is 198 g/mol. The third-order valence-corrected chi connectivity index (χ3v) is 4.45. The lowest BCUT2D eigenvalue weighted by Crippen LogP contribution is -2.48. The zero-order chi connectivity index (χ0) is 11.4. The molecule has 0 radical (unpaired) electrons. The molecule has 1 aliphatic carbocycles. The maximum Gasteiger partial charge on any atom is 0.0110 e. The summed E-state index contributed by atoms with van der Waals surface area (Å²) < 4.78 is 0. The van der Waals surface area contributed by atoms with Crippen molar-refractivity contribution < 1.29 is 0 Å². The van der Waals surface area contributed by atoms with E-state index >= 15 is 0 Å². The van der Waals surface area contributed by atoms with E-state index in [9.17, 15) is 0 Å². The van der Waals surface area contributed by atoms with Gasteiger partial charge in [-0.05, 0) is 57.8 Å². The number of hydrogen-bond acceptors (Lipinski definition) is 3. The first-order valence-corrected chi connectivity index (χ1v) is 7.02. The van der Waals surface area contributed by atoms with E-state index in [2.05, 4.69) is 17.1 Å². The van der Waals surface area contributed by atoms with Gasteiger partial charge in [-0.15, -0.1) is 0 Å². The van der Waals surface area contributed by atoms with E-state index in [0.717, 1.165) is 18.5 Å². The fraction of sp³-hybridized carbons (Fsp3) is 1.00. The van der Waals surface area contributed by atoms with Crippen LogP contribution in [0.2, 0.25) is 0 Å². The summed E-state index contributed by atoms with van der Waals surface area (Å²) in [5.74, 6) is 0.740. The normalized spacial score (nSPS) is 33.4. The van der Waals surface area contributed by atoms with E-state index in [4.69, 9.17) is 5.73 Å². The van der Waals surface area contributed by atoms with Crippen LogP contribution in [0.1, 0.15) is 39.0 Å². The molecule has 3 heteroatoms. The molecule has 16 heavy (non-hydrogen) atoms. The van der Waals surface area contributed by atoms with Crippen LogP contribution in [0.15, 0.2) is 0 Å². The van der Waals surface area contributed by atoms with E-state index in [1.807, 2.05) is 0 Å². The molecule has 1 aliphatic heterocycles. The number of piperidine rings is 1. The van der Waals surface area contributed by atoms with Crippen molar-refractivity contribution in [3.05, 3.63) is 0 Å². The third kappa shape index (κ3) is 2.96. The molecule has 0 bridgehead atoms. The molecule has 3 N–H and O–H groups in total. The average Bonchev–Trinajstić information content (AvgIpc) is 2.77. The lowest BCUT2D eigenvalue weighted by molar-refractivity contribution is 0.192. The Morgan fingerprint density at radius 3 is 2.56 bits per heavy atom. The second-order valence-electron chi connectivity index (χ2n) is 5.41. The SMILES string of the molecule is CCN1CCC(NC2CCCC2CN)CC1. The Morgan fingerprint density at radius 2 is 1.94 bits per heavy atom. The van der Waals surface area contributed by atoms with Gasteiger partial charge in [0.05, 0.1) is 0 Å². The Balaban J connectivity index is 1.73. The summed E-state index contributed by atoms with van der Waals surface area (Å²) in [6.45, 7) is 6.88. The smallest absolute Gasteiger partial charge is 0.0110 e. The van der Waals surface area contributed by atoms with E-state index in [-0.39, 0.29) is 0 Å². The Kier molecular flexibility index (Phi) is 4.62. The van der Waals surface area contributed by atoms with Gasteiger partial charge >= 0.3 is 0 Å². The number of nitrogens with one attached hydrogen (secondary N) is 1. The van der Waals surface area contributed by atoms with E-state index in [1.165, 1.54) is 51.7 Å². The summed E-state index contributed by atoms with van der Waals surface area (Å²) in [6.07, 6.45) is 6.69. The molecule has 2 unspecified atom stereocenters. The van der Waals surface area contributed by atoms with Crippen molar-refractivity contribution in [1.82, 2.24) is 10.2 Å².